The van der Waals surface area contributed by atoms with E-state index in [9.17, 15) is 8.42 Å². The van der Waals surface area contributed by atoms with Gasteiger partial charge in [-0.15, -0.1) is 12.4 Å². The van der Waals surface area contributed by atoms with Gasteiger partial charge in [-0.25, -0.2) is 12.7 Å². The maximum absolute atomic E-state index is 12.7. The van der Waals surface area contributed by atoms with Gasteiger partial charge in [0.2, 0.25) is 10.0 Å². The minimum absolute atomic E-state index is 0. The molecule has 1 unspecified atom stereocenters. The van der Waals surface area contributed by atoms with Crippen molar-refractivity contribution < 1.29 is 12.9 Å². The van der Waals surface area contributed by atoms with E-state index in [0.29, 0.717) is 30.3 Å². The lowest BCUT2D eigenvalue weighted by Gasteiger charge is -2.31. The molecule has 1 atom stereocenters. The first-order chi connectivity index (χ1) is 10.6. The maximum Gasteiger partial charge on any atom is 0.220 e. The molecule has 2 aromatic rings. The van der Waals surface area contributed by atoms with Gasteiger partial charge in [0.15, 0.2) is 5.58 Å². The SMILES string of the molecule is CNCC1CCCN(S(=O)(=O)Cc2noc3ccccc23)C1.Cl. The van der Waals surface area contributed by atoms with Crippen molar-refractivity contribution in [3.63, 3.8) is 0 Å². The van der Waals surface area contributed by atoms with Gasteiger partial charge in [-0.3, -0.25) is 0 Å². The van der Waals surface area contributed by atoms with Crippen LogP contribution in [0.25, 0.3) is 11.0 Å². The normalized spacial score (nSPS) is 19.6. The van der Waals surface area contributed by atoms with Crippen LogP contribution < -0.4 is 5.32 Å². The van der Waals surface area contributed by atoms with Gasteiger partial charge in [0.05, 0.1) is 0 Å². The molecule has 0 radical (unpaired) electrons. The first-order valence-electron chi connectivity index (χ1n) is 7.56. The second-order valence-electron chi connectivity index (χ2n) is 5.81. The van der Waals surface area contributed by atoms with Crippen LogP contribution in [-0.4, -0.2) is 44.6 Å². The van der Waals surface area contributed by atoms with Gasteiger partial charge in [-0.2, -0.15) is 0 Å². The summed E-state index contributed by atoms with van der Waals surface area (Å²) < 4.78 is 32.1. The lowest BCUT2D eigenvalue weighted by Crippen LogP contribution is -2.42. The van der Waals surface area contributed by atoms with Crippen LogP contribution in [-0.2, 0) is 15.8 Å². The first kappa shape index (κ1) is 18.2. The number of benzene rings is 1. The lowest BCUT2D eigenvalue weighted by atomic mass is 10.00. The van der Waals surface area contributed by atoms with Gasteiger partial charge in [-0.1, -0.05) is 17.3 Å². The molecular weight excluding hydrogens is 338 g/mol. The van der Waals surface area contributed by atoms with Gasteiger partial charge < -0.3 is 9.84 Å². The number of hydrogen-bond donors (Lipinski definition) is 1. The van der Waals surface area contributed by atoms with Crippen LogP contribution in [0.5, 0.6) is 0 Å². The summed E-state index contributed by atoms with van der Waals surface area (Å²) in [7, 11) is -1.47. The molecule has 6 nitrogen and oxygen atoms in total. The minimum atomic E-state index is -3.37. The Kier molecular flexibility index (Phi) is 6.02. The van der Waals surface area contributed by atoms with E-state index in [1.54, 1.807) is 10.4 Å². The third-order valence-corrected chi connectivity index (χ3v) is 5.90. The molecule has 0 saturated carbocycles. The number of aromatic nitrogens is 1. The smallest absolute Gasteiger partial charge is 0.220 e. The second kappa shape index (κ2) is 7.61. The third kappa shape index (κ3) is 4.03. The number of para-hydroxylation sites is 1. The number of hydrogen-bond acceptors (Lipinski definition) is 5. The molecular formula is C15H22ClN3O3S. The summed E-state index contributed by atoms with van der Waals surface area (Å²) in [4.78, 5) is 0. The van der Waals surface area contributed by atoms with Crippen LogP contribution in [0.4, 0.5) is 0 Å². The summed E-state index contributed by atoms with van der Waals surface area (Å²) in [5, 5.41) is 7.84. The lowest BCUT2D eigenvalue weighted by molar-refractivity contribution is 0.263. The summed E-state index contributed by atoms with van der Waals surface area (Å²) in [6, 6.07) is 7.34. The largest absolute Gasteiger partial charge is 0.356 e. The zero-order valence-corrected chi connectivity index (χ0v) is 14.7. The zero-order valence-electron chi connectivity index (χ0n) is 13.1. The van der Waals surface area contributed by atoms with Gasteiger partial charge in [-0.05, 0) is 44.5 Å². The highest BCUT2D eigenvalue weighted by atomic mass is 35.5. The summed E-state index contributed by atoms with van der Waals surface area (Å²) in [6.07, 6.45) is 1.98. The fourth-order valence-corrected chi connectivity index (χ4v) is 4.62. The van der Waals surface area contributed by atoms with Crippen molar-refractivity contribution in [2.75, 3.05) is 26.7 Å². The number of halogens is 1. The Morgan fingerprint density at radius 1 is 1.39 bits per heavy atom. The van der Waals surface area contributed by atoms with Crippen molar-refractivity contribution in [1.29, 1.82) is 0 Å². The Morgan fingerprint density at radius 3 is 2.96 bits per heavy atom. The number of piperidine rings is 1. The highest BCUT2D eigenvalue weighted by molar-refractivity contribution is 7.88. The standard InChI is InChI=1S/C15H21N3O3S.ClH/c1-16-9-12-5-4-8-18(10-12)22(19,20)11-14-13-6-2-3-7-15(13)21-17-14;/h2-3,6-7,12,16H,4-5,8-11H2,1H3;1H. The van der Waals surface area contributed by atoms with E-state index in [4.69, 9.17) is 4.52 Å². The first-order valence-corrected chi connectivity index (χ1v) is 9.17. The van der Waals surface area contributed by atoms with E-state index in [1.165, 1.54) is 0 Å². The Hall–Kier alpha value is -1.15. The van der Waals surface area contributed by atoms with Crippen molar-refractivity contribution in [2.24, 2.45) is 5.92 Å². The Labute approximate surface area is 142 Å². The number of nitrogens with zero attached hydrogens (tertiary/aromatic N) is 2. The van der Waals surface area contributed by atoms with E-state index in [1.807, 2.05) is 25.2 Å². The predicted octanol–water partition coefficient (Wildman–Crippen LogP) is 2.01. The quantitative estimate of drug-likeness (QED) is 0.883. The highest BCUT2D eigenvalue weighted by Crippen LogP contribution is 2.24. The molecule has 3 rings (SSSR count). The molecule has 1 fully saturated rings. The van der Waals surface area contributed by atoms with Crippen molar-refractivity contribution in [3.05, 3.63) is 30.0 Å². The molecule has 1 aromatic carbocycles. The number of fused-ring (bicyclic) bond motifs is 1. The average Bonchev–Trinajstić information content (AvgIpc) is 2.91. The van der Waals surface area contributed by atoms with Crippen molar-refractivity contribution in [1.82, 2.24) is 14.8 Å². The molecule has 1 saturated heterocycles. The van der Waals surface area contributed by atoms with Crippen LogP contribution in [0, 0.1) is 5.92 Å². The van der Waals surface area contributed by atoms with Crippen LogP contribution in [0.15, 0.2) is 28.8 Å². The summed E-state index contributed by atoms with van der Waals surface area (Å²) in [6.45, 7) is 2.02. The number of rotatable bonds is 5. The number of nitrogens with one attached hydrogen (secondary N) is 1. The van der Waals surface area contributed by atoms with Crippen LogP contribution in [0.3, 0.4) is 0 Å². The van der Waals surface area contributed by atoms with Gasteiger partial charge >= 0.3 is 0 Å². The van der Waals surface area contributed by atoms with Gasteiger partial charge in [0.25, 0.3) is 0 Å². The molecule has 23 heavy (non-hydrogen) atoms. The molecule has 128 valence electrons. The van der Waals surface area contributed by atoms with Crippen LogP contribution in [0.1, 0.15) is 18.5 Å². The van der Waals surface area contributed by atoms with Crippen molar-refractivity contribution in [3.8, 4) is 0 Å². The van der Waals surface area contributed by atoms with Crippen molar-refractivity contribution in [2.45, 2.75) is 18.6 Å². The topological polar surface area (TPSA) is 75.4 Å². The van der Waals surface area contributed by atoms with Crippen molar-refractivity contribution >= 4 is 33.4 Å². The summed E-state index contributed by atoms with van der Waals surface area (Å²) in [5.41, 5.74) is 1.12. The van der Waals surface area contributed by atoms with Crippen LogP contribution >= 0.6 is 12.4 Å². The van der Waals surface area contributed by atoms with Gasteiger partial charge in [0, 0.05) is 18.5 Å². The van der Waals surface area contributed by atoms with E-state index in [-0.39, 0.29) is 18.2 Å². The molecule has 0 spiro atoms. The Balaban J connectivity index is 0.00000192. The Morgan fingerprint density at radius 2 is 2.17 bits per heavy atom. The van der Waals surface area contributed by atoms with E-state index in [0.717, 1.165) is 24.8 Å². The van der Waals surface area contributed by atoms with E-state index < -0.39 is 10.0 Å². The van der Waals surface area contributed by atoms with Gasteiger partial charge in [0.1, 0.15) is 11.4 Å². The van der Waals surface area contributed by atoms with E-state index >= 15 is 0 Å². The number of sulfonamides is 1. The molecule has 1 N–H and O–H groups in total. The average molecular weight is 360 g/mol. The van der Waals surface area contributed by atoms with Crippen LogP contribution in [0.2, 0.25) is 0 Å². The molecule has 8 heteroatoms. The molecule has 1 aromatic heterocycles. The molecule has 0 aliphatic carbocycles. The predicted molar refractivity (Wildman–Crippen MR) is 92.1 cm³/mol. The molecule has 1 aliphatic heterocycles. The summed E-state index contributed by atoms with van der Waals surface area (Å²) in [5.74, 6) is 0.276. The van der Waals surface area contributed by atoms with E-state index in [2.05, 4.69) is 10.5 Å². The molecule has 0 amide bonds. The minimum Gasteiger partial charge on any atom is -0.356 e. The summed E-state index contributed by atoms with van der Waals surface area (Å²) >= 11 is 0. The molecule has 2 heterocycles. The third-order valence-electron chi connectivity index (χ3n) is 4.14. The fraction of sp³-hybridized carbons (Fsp3) is 0.533. The zero-order chi connectivity index (χ0) is 15.6. The highest BCUT2D eigenvalue weighted by Gasteiger charge is 2.30. The fourth-order valence-electron chi connectivity index (χ4n) is 3.04. The monoisotopic (exact) mass is 359 g/mol. The molecule has 1 aliphatic rings. The maximum atomic E-state index is 12.7. The Bertz CT molecular complexity index is 745. The molecule has 0 bridgehead atoms. The second-order valence-corrected chi connectivity index (χ2v) is 7.77.